The smallest absolute Gasteiger partial charge is 0.264 e. The maximum Gasteiger partial charge on any atom is 0.264 e. The number of sulfonamides is 1. The fraction of sp³-hybridized carbons (Fsp3) is 0.212. The molecule has 0 aromatic heterocycles. The van der Waals surface area contributed by atoms with Crippen molar-refractivity contribution in [2.75, 3.05) is 17.4 Å². The summed E-state index contributed by atoms with van der Waals surface area (Å²) in [5.74, 6) is -1.44. The van der Waals surface area contributed by atoms with Crippen molar-refractivity contribution in [3.05, 3.63) is 132 Å². The van der Waals surface area contributed by atoms with Gasteiger partial charge in [0.15, 0.2) is 0 Å². The Morgan fingerprint density at radius 3 is 1.90 bits per heavy atom. The van der Waals surface area contributed by atoms with Crippen molar-refractivity contribution >= 4 is 27.5 Å². The van der Waals surface area contributed by atoms with Gasteiger partial charge < -0.3 is 10.2 Å². The van der Waals surface area contributed by atoms with Gasteiger partial charge in [0.1, 0.15) is 18.4 Å². The van der Waals surface area contributed by atoms with E-state index in [2.05, 4.69) is 5.32 Å². The molecule has 4 rings (SSSR count). The van der Waals surface area contributed by atoms with E-state index in [1.165, 1.54) is 29.2 Å². The van der Waals surface area contributed by atoms with E-state index < -0.39 is 34.3 Å². The lowest BCUT2D eigenvalue weighted by Gasteiger charge is -2.34. The van der Waals surface area contributed by atoms with Crippen LogP contribution in [0, 0.1) is 5.82 Å². The largest absolute Gasteiger partial charge is 0.354 e. The van der Waals surface area contributed by atoms with Gasteiger partial charge in [0.25, 0.3) is 10.0 Å². The molecule has 4 aromatic carbocycles. The highest BCUT2D eigenvalue weighted by Crippen LogP contribution is 2.25. The Bertz CT molecular complexity index is 1550. The van der Waals surface area contributed by atoms with E-state index in [1.54, 1.807) is 18.2 Å². The molecule has 0 radical (unpaired) electrons. The molecule has 0 aliphatic heterocycles. The van der Waals surface area contributed by atoms with Crippen LogP contribution in [0.1, 0.15) is 24.5 Å². The first-order chi connectivity index (χ1) is 20.3. The molecule has 0 aliphatic carbocycles. The van der Waals surface area contributed by atoms with Gasteiger partial charge in [-0.1, -0.05) is 85.8 Å². The number of anilines is 1. The summed E-state index contributed by atoms with van der Waals surface area (Å²) in [6, 6.07) is 30.4. The molecule has 0 heterocycles. The molecule has 4 aromatic rings. The summed E-state index contributed by atoms with van der Waals surface area (Å²) in [5.41, 5.74) is 1.77. The SMILES string of the molecule is CCCNC(=O)[C@@H](Cc1ccccc1)N(Cc1ccccc1)C(=O)CN(c1ccc(F)cc1)S(=O)(=O)c1ccccc1. The van der Waals surface area contributed by atoms with Crippen LogP contribution in [0.25, 0.3) is 0 Å². The van der Waals surface area contributed by atoms with E-state index in [1.807, 2.05) is 67.6 Å². The molecule has 218 valence electrons. The second kappa shape index (κ2) is 14.4. The zero-order valence-corrected chi connectivity index (χ0v) is 24.2. The van der Waals surface area contributed by atoms with Crippen molar-refractivity contribution in [2.45, 2.75) is 37.2 Å². The number of amides is 2. The third-order valence-corrected chi connectivity index (χ3v) is 8.53. The fourth-order valence-electron chi connectivity index (χ4n) is 4.56. The number of hydrogen-bond donors (Lipinski definition) is 1. The molecule has 9 heteroatoms. The number of carbonyl (C=O) groups excluding carboxylic acids is 2. The van der Waals surface area contributed by atoms with Gasteiger partial charge in [-0.2, -0.15) is 0 Å². The van der Waals surface area contributed by atoms with Gasteiger partial charge in [-0.3, -0.25) is 13.9 Å². The normalized spacial score (nSPS) is 11.9. The van der Waals surface area contributed by atoms with Gasteiger partial charge in [0.05, 0.1) is 10.6 Å². The number of hydrogen-bond acceptors (Lipinski definition) is 4. The number of benzene rings is 4. The Morgan fingerprint density at radius 1 is 0.786 bits per heavy atom. The van der Waals surface area contributed by atoms with Crippen molar-refractivity contribution < 1.29 is 22.4 Å². The van der Waals surface area contributed by atoms with Crippen LogP contribution in [0.2, 0.25) is 0 Å². The predicted molar refractivity (Wildman–Crippen MR) is 162 cm³/mol. The first kappa shape index (κ1) is 30.5. The minimum Gasteiger partial charge on any atom is -0.354 e. The van der Waals surface area contributed by atoms with E-state index in [4.69, 9.17) is 0 Å². The van der Waals surface area contributed by atoms with Crippen molar-refractivity contribution in [2.24, 2.45) is 0 Å². The summed E-state index contributed by atoms with van der Waals surface area (Å²) in [6.07, 6.45) is 0.945. The minimum atomic E-state index is -4.22. The van der Waals surface area contributed by atoms with E-state index in [9.17, 15) is 22.4 Å². The van der Waals surface area contributed by atoms with Crippen molar-refractivity contribution in [1.82, 2.24) is 10.2 Å². The number of carbonyl (C=O) groups is 2. The van der Waals surface area contributed by atoms with Crippen LogP contribution in [0.15, 0.2) is 120 Å². The molecule has 42 heavy (non-hydrogen) atoms. The van der Waals surface area contributed by atoms with Gasteiger partial charge in [0, 0.05) is 19.5 Å². The predicted octanol–water partition coefficient (Wildman–Crippen LogP) is 5.19. The van der Waals surface area contributed by atoms with Crippen LogP contribution in [-0.2, 0) is 32.6 Å². The minimum absolute atomic E-state index is 0.0155. The Hall–Kier alpha value is -4.50. The Morgan fingerprint density at radius 2 is 1.33 bits per heavy atom. The molecule has 0 unspecified atom stereocenters. The summed E-state index contributed by atoms with van der Waals surface area (Å²) in [4.78, 5) is 29.2. The van der Waals surface area contributed by atoms with Crippen LogP contribution in [-0.4, -0.2) is 44.3 Å². The lowest BCUT2D eigenvalue weighted by molar-refractivity contribution is -0.140. The monoisotopic (exact) mass is 587 g/mol. The number of nitrogens with zero attached hydrogens (tertiary/aromatic N) is 2. The molecule has 7 nitrogen and oxygen atoms in total. The van der Waals surface area contributed by atoms with Gasteiger partial charge >= 0.3 is 0 Å². The van der Waals surface area contributed by atoms with Crippen molar-refractivity contribution in [1.29, 1.82) is 0 Å². The van der Waals surface area contributed by atoms with Crippen LogP contribution < -0.4 is 9.62 Å². The van der Waals surface area contributed by atoms with Gasteiger partial charge in [-0.25, -0.2) is 12.8 Å². The van der Waals surface area contributed by atoms with E-state index in [0.717, 1.165) is 27.6 Å². The third kappa shape index (κ3) is 7.82. The molecule has 0 fully saturated rings. The van der Waals surface area contributed by atoms with Crippen molar-refractivity contribution in [3.8, 4) is 0 Å². The molecule has 1 atom stereocenters. The summed E-state index contributed by atoms with van der Waals surface area (Å²) in [6.45, 7) is 1.86. The van der Waals surface area contributed by atoms with E-state index >= 15 is 0 Å². The molecular weight excluding hydrogens is 553 g/mol. The van der Waals surface area contributed by atoms with Crippen LogP contribution in [0.3, 0.4) is 0 Å². The zero-order chi connectivity index (χ0) is 30.0. The topological polar surface area (TPSA) is 86.8 Å². The molecule has 0 bridgehead atoms. The molecule has 0 spiro atoms. The molecule has 0 saturated heterocycles. The van der Waals surface area contributed by atoms with Gasteiger partial charge in [-0.05, 0) is 53.9 Å². The molecule has 1 N–H and O–H groups in total. The summed E-state index contributed by atoms with van der Waals surface area (Å²) < 4.78 is 42.5. The maximum atomic E-state index is 14.3. The first-order valence-electron chi connectivity index (χ1n) is 13.8. The maximum absolute atomic E-state index is 14.3. The average Bonchev–Trinajstić information content (AvgIpc) is 3.02. The summed E-state index contributed by atoms with van der Waals surface area (Å²) >= 11 is 0. The zero-order valence-electron chi connectivity index (χ0n) is 23.4. The third-order valence-electron chi connectivity index (χ3n) is 6.74. The average molecular weight is 588 g/mol. The van der Waals surface area contributed by atoms with E-state index in [-0.39, 0.29) is 29.5 Å². The van der Waals surface area contributed by atoms with Crippen molar-refractivity contribution in [3.63, 3.8) is 0 Å². The first-order valence-corrected chi connectivity index (χ1v) is 15.2. The Balaban J connectivity index is 1.77. The highest BCUT2D eigenvalue weighted by atomic mass is 32.2. The quantitative estimate of drug-likeness (QED) is 0.233. The van der Waals surface area contributed by atoms with Gasteiger partial charge in [0.2, 0.25) is 11.8 Å². The number of nitrogens with one attached hydrogen (secondary N) is 1. The second-order valence-electron chi connectivity index (χ2n) is 9.80. The van der Waals surface area contributed by atoms with Crippen LogP contribution >= 0.6 is 0 Å². The number of rotatable bonds is 13. The molecular formula is C33H34FN3O4S. The van der Waals surface area contributed by atoms with E-state index in [0.29, 0.717) is 13.0 Å². The molecule has 0 aliphatic rings. The summed E-state index contributed by atoms with van der Waals surface area (Å²) in [7, 11) is -4.22. The van der Waals surface area contributed by atoms with Gasteiger partial charge in [-0.15, -0.1) is 0 Å². The standard InChI is InChI=1S/C33H34FN3O4S/c1-2-22-35-33(39)31(23-26-12-6-3-7-13-26)36(24-27-14-8-4-9-15-27)32(38)25-37(29-20-18-28(34)19-21-29)42(40,41)30-16-10-5-11-17-30/h3-21,31H,2,22-25H2,1H3,(H,35,39)/t31-/m1/s1. The number of halogens is 1. The highest BCUT2D eigenvalue weighted by molar-refractivity contribution is 7.92. The van der Waals surface area contributed by atoms with Crippen LogP contribution in [0.5, 0.6) is 0 Å². The lowest BCUT2D eigenvalue weighted by atomic mass is 10.0. The fourth-order valence-corrected chi connectivity index (χ4v) is 5.99. The molecule has 0 saturated carbocycles. The van der Waals surface area contributed by atoms with Crippen LogP contribution in [0.4, 0.5) is 10.1 Å². The lowest BCUT2D eigenvalue weighted by Crippen LogP contribution is -2.53. The second-order valence-corrected chi connectivity index (χ2v) is 11.7. The summed E-state index contributed by atoms with van der Waals surface area (Å²) in [5, 5.41) is 2.91. The highest BCUT2D eigenvalue weighted by Gasteiger charge is 2.34. The Labute approximate surface area is 246 Å². The Kier molecular flexibility index (Phi) is 10.4. The molecule has 2 amide bonds.